The van der Waals surface area contributed by atoms with Crippen LogP contribution in [0, 0.1) is 5.92 Å². The minimum absolute atomic E-state index is 0.133. The van der Waals surface area contributed by atoms with Gasteiger partial charge in [-0.1, -0.05) is 25.1 Å². The van der Waals surface area contributed by atoms with Gasteiger partial charge >= 0.3 is 6.18 Å². The van der Waals surface area contributed by atoms with E-state index >= 15 is 0 Å². The molecule has 2 atom stereocenters. The van der Waals surface area contributed by atoms with Crippen LogP contribution in [0.3, 0.4) is 0 Å². The number of methoxy groups -OCH3 is 1. The lowest BCUT2D eigenvalue weighted by molar-refractivity contribution is -0.138. The number of ether oxygens (including phenoxy) is 1. The summed E-state index contributed by atoms with van der Waals surface area (Å²) in [7, 11) is 1.54. The molecule has 2 aromatic rings. The van der Waals surface area contributed by atoms with Gasteiger partial charge in [0, 0.05) is 11.6 Å². The van der Waals surface area contributed by atoms with Crippen LogP contribution in [0.1, 0.15) is 29.5 Å². The number of nitrogens with one attached hydrogen (secondary N) is 1. The van der Waals surface area contributed by atoms with Crippen molar-refractivity contribution >= 4 is 11.6 Å². The Morgan fingerprint density at radius 1 is 1.12 bits per heavy atom. The van der Waals surface area contributed by atoms with Gasteiger partial charge in [0.15, 0.2) is 0 Å². The Kier molecular flexibility index (Phi) is 4.45. The Labute approximate surface area is 143 Å². The van der Waals surface area contributed by atoms with Crippen molar-refractivity contribution in [3.8, 4) is 5.75 Å². The quantitative estimate of drug-likeness (QED) is 0.859. The van der Waals surface area contributed by atoms with Gasteiger partial charge in [0.25, 0.3) is 0 Å². The van der Waals surface area contributed by atoms with Crippen LogP contribution in [0.4, 0.5) is 18.9 Å². The standard InChI is InChI=1S/C19H18F3NO2/c1-11-14(12-6-8-13(25-2)9-7-12)10-15-16(19(20,21)22)4-3-5-17(15)23-18(11)24/h3-9,11,14H,10H2,1-2H3,(H,23,24). The molecule has 0 aliphatic carbocycles. The van der Waals surface area contributed by atoms with Crippen LogP contribution in [0.2, 0.25) is 0 Å². The Hall–Kier alpha value is -2.50. The number of carbonyl (C=O) groups excluding carboxylic acids is 1. The average molecular weight is 349 g/mol. The molecule has 6 heteroatoms. The average Bonchev–Trinajstić information content (AvgIpc) is 2.71. The van der Waals surface area contributed by atoms with E-state index in [2.05, 4.69) is 5.32 Å². The van der Waals surface area contributed by atoms with E-state index in [4.69, 9.17) is 4.74 Å². The van der Waals surface area contributed by atoms with Crippen molar-refractivity contribution in [1.29, 1.82) is 0 Å². The molecule has 25 heavy (non-hydrogen) atoms. The third kappa shape index (κ3) is 3.34. The summed E-state index contributed by atoms with van der Waals surface area (Å²) in [5, 5.41) is 2.64. The summed E-state index contributed by atoms with van der Waals surface area (Å²) < 4.78 is 45.3. The van der Waals surface area contributed by atoms with Crippen LogP contribution in [0.5, 0.6) is 5.75 Å². The highest BCUT2D eigenvalue weighted by atomic mass is 19.4. The van der Waals surface area contributed by atoms with Crippen molar-refractivity contribution in [1.82, 2.24) is 0 Å². The summed E-state index contributed by atoms with van der Waals surface area (Å²) in [6.45, 7) is 1.74. The molecule has 0 fully saturated rings. The van der Waals surface area contributed by atoms with Crippen LogP contribution in [0.15, 0.2) is 42.5 Å². The first kappa shape index (κ1) is 17.3. The van der Waals surface area contributed by atoms with Crippen LogP contribution >= 0.6 is 0 Å². The Morgan fingerprint density at radius 2 is 1.80 bits per heavy atom. The zero-order chi connectivity index (χ0) is 18.2. The maximum absolute atomic E-state index is 13.4. The highest BCUT2D eigenvalue weighted by Gasteiger charge is 2.38. The maximum atomic E-state index is 13.4. The van der Waals surface area contributed by atoms with E-state index < -0.39 is 17.7 Å². The summed E-state index contributed by atoms with van der Waals surface area (Å²) in [5.74, 6) is -0.428. The third-order valence-electron chi connectivity index (χ3n) is 4.72. The number of hydrogen-bond acceptors (Lipinski definition) is 2. The molecule has 0 bridgehead atoms. The summed E-state index contributed by atoms with van der Waals surface area (Å²) >= 11 is 0. The molecule has 1 amide bonds. The number of halogens is 3. The van der Waals surface area contributed by atoms with Crippen LogP contribution in [0.25, 0.3) is 0 Å². The van der Waals surface area contributed by atoms with E-state index in [9.17, 15) is 18.0 Å². The van der Waals surface area contributed by atoms with E-state index in [-0.39, 0.29) is 29.5 Å². The van der Waals surface area contributed by atoms with Gasteiger partial charge in [0.1, 0.15) is 5.75 Å². The lowest BCUT2D eigenvalue weighted by Gasteiger charge is -2.22. The van der Waals surface area contributed by atoms with Crippen LogP contribution in [-0.2, 0) is 17.4 Å². The Balaban J connectivity index is 2.08. The molecule has 1 aliphatic rings. The van der Waals surface area contributed by atoms with E-state index in [1.807, 2.05) is 0 Å². The molecule has 0 radical (unpaired) electrons. The number of fused-ring (bicyclic) bond motifs is 1. The van der Waals surface area contributed by atoms with Gasteiger partial charge in [-0.15, -0.1) is 0 Å². The molecule has 0 saturated heterocycles. The minimum atomic E-state index is -4.46. The Morgan fingerprint density at radius 3 is 2.40 bits per heavy atom. The first-order chi connectivity index (χ1) is 11.8. The molecule has 1 aliphatic heterocycles. The van der Waals surface area contributed by atoms with Gasteiger partial charge in [-0.3, -0.25) is 4.79 Å². The summed E-state index contributed by atoms with van der Waals surface area (Å²) in [5.41, 5.74) is 0.488. The molecular weight excluding hydrogens is 331 g/mol. The monoisotopic (exact) mass is 349 g/mol. The fourth-order valence-corrected chi connectivity index (χ4v) is 3.27. The molecular formula is C19H18F3NO2. The zero-order valence-electron chi connectivity index (χ0n) is 13.9. The number of carbonyl (C=O) groups is 1. The molecule has 0 spiro atoms. The molecule has 3 rings (SSSR count). The largest absolute Gasteiger partial charge is 0.497 e. The normalized spacial score (nSPS) is 20.4. The lowest BCUT2D eigenvalue weighted by Crippen LogP contribution is -2.24. The molecule has 2 unspecified atom stereocenters. The van der Waals surface area contributed by atoms with Gasteiger partial charge < -0.3 is 10.1 Å². The summed E-state index contributed by atoms with van der Waals surface area (Å²) in [4.78, 5) is 12.4. The SMILES string of the molecule is COc1ccc(C2Cc3c(cccc3C(F)(F)F)NC(=O)C2C)cc1. The number of amides is 1. The minimum Gasteiger partial charge on any atom is -0.497 e. The topological polar surface area (TPSA) is 38.3 Å². The lowest BCUT2D eigenvalue weighted by atomic mass is 9.82. The van der Waals surface area contributed by atoms with E-state index in [1.54, 1.807) is 38.3 Å². The van der Waals surface area contributed by atoms with Crippen molar-refractivity contribution in [3.63, 3.8) is 0 Å². The molecule has 3 nitrogen and oxygen atoms in total. The highest BCUT2D eigenvalue weighted by Crippen LogP contribution is 2.41. The second-order valence-electron chi connectivity index (χ2n) is 6.19. The molecule has 132 valence electrons. The van der Waals surface area contributed by atoms with Crippen LogP contribution in [-0.4, -0.2) is 13.0 Å². The fraction of sp³-hybridized carbons (Fsp3) is 0.316. The molecule has 0 saturated carbocycles. The summed E-state index contributed by atoms with van der Waals surface area (Å²) in [6.07, 6.45) is -4.33. The molecule has 1 N–H and O–H groups in total. The van der Waals surface area contributed by atoms with Crippen molar-refractivity contribution in [2.24, 2.45) is 5.92 Å². The number of alkyl halides is 3. The smallest absolute Gasteiger partial charge is 0.416 e. The first-order valence-corrected chi connectivity index (χ1v) is 7.95. The van der Waals surface area contributed by atoms with E-state index in [0.29, 0.717) is 5.75 Å². The summed E-state index contributed by atoms with van der Waals surface area (Å²) in [6, 6.07) is 11.0. The highest BCUT2D eigenvalue weighted by molar-refractivity contribution is 5.95. The zero-order valence-corrected chi connectivity index (χ0v) is 13.9. The predicted octanol–water partition coefficient (Wildman–Crippen LogP) is 4.63. The van der Waals surface area contributed by atoms with Crippen LogP contribution < -0.4 is 10.1 Å². The van der Waals surface area contributed by atoms with E-state index in [1.165, 1.54) is 12.1 Å². The number of rotatable bonds is 2. The number of benzene rings is 2. The first-order valence-electron chi connectivity index (χ1n) is 7.95. The van der Waals surface area contributed by atoms with Gasteiger partial charge in [-0.2, -0.15) is 13.2 Å². The second kappa shape index (κ2) is 6.43. The van der Waals surface area contributed by atoms with Gasteiger partial charge in [0.05, 0.1) is 12.7 Å². The van der Waals surface area contributed by atoms with E-state index in [0.717, 1.165) is 11.6 Å². The number of hydrogen-bond donors (Lipinski definition) is 1. The van der Waals surface area contributed by atoms with Gasteiger partial charge in [0.2, 0.25) is 5.91 Å². The van der Waals surface area contributed by atoms with Crippen molar-refractivity contribution < 1.29 is 22.7 Å². The number of anilines is 1. The Bertz CT molecular complexity index is 784. The second-order valence-corrected chi connectivity index (χ2v) is 6.19. The van der Waals surface area contributed by atoms with Gasteiger partial charge in [-0.05, 0) is 47.7 Å². The van der Waals surface area contributed by atoms with Crippen molar-refractivity contribution in [3.05, 3.63) is 59.2 Å². The predicted molar refractivity (Wildman–Crippen MR) is 88.7 cm³/mol. The fourth-order valence-electron chi connectivity index (χ4n) is 3.27. The third-order valence-corrected chi connectivity index (χ3v) is 4.72. The van der Waals surface area contributed by atoms with Gasteiger partial charge in [-0.25, -0.2) is 0 Å². The molecule has 2 aromatic carbocycles. The van der Waals surface area contributed by atoms with Crippen molar-refractivity contribution in [2.45, 2.75) is 25.4 Å². The maximum Gasteiger partial charge on any atom is 0.416 e. The van der Waals surface area contributed by atoms with Crippen molar-refractivity contribution in [2.75, 3.05) is 12.4 Å². The molecule has 0 aromatic heterocycles. The molecule has 1 heterocycles.